The van der Waals surface area contributed by atoms with E-state index in [4.69, 9.17) is 29.0 Å². The van der Waals surface area contributed by atoms with Crippen LogP contribution in [0.25, 0.3) is 0 Å². The van der Waals surface area contributed by atoms with Gasteiger partial charge in [0.15, 0.2) is 0 Å². The molecule has 0 saturated heterocycles. The van der Waals surface area contributed by atoms with Gasteiger partial charge in [-0.2, -0.15) is 0 Å². The summed E-state index contributed by atoms with van der Waals surface area (Å²) in [6.45, 7) is 0. The minimum Gasteiger partial charge on any atom is -0.271 e. The van der Waals surface area contributed by atoms with Crippen LogP contribution in [0, 0.1) is 11.6 Å². The fourth-order valence-corrected chi connectivity index (χ4v) is 2.41. The maximum atomic E-state index is 13.8. The number of hydrogen-bond donors (Lipinski definition) is 2. The number of hydrazine groups is 1. The summed E-state index contributed by atoms with van der Waals surface area (Å²) in [5, 5.41) is 0.736. The summed E-state index contributed by atoms with van der Waals surface area (Å²) in [5.41, 5.74) is 2.95. The van der Waals surface area contributed by atoms with Crippen LogP contribution < -0.4 is 11.3 Å². The highest BCUT2D eigenvalue weighted by Gasteiger charge is 2.20. The zero-order chi connectivity index (χ0) is 14.7. The fourth-order valence-electron chi connectivity index (χ4n) is 2.01. The molecule has 0 saturated carbocycles. The van der Waals surface area contributed by atoms with E-state index in [1.54, 1.807) is 18.2 Å². The van der Waals surface area contributed by atoms with Crippen molar-refractivity contribution in [2.45, 2.75) is 12.5 Å². The van der Waals surface area contributed by atoms with E-state index in [0.29, 0.717) is 15.6 Å². The molecule has 2 rings (SSSR count). The molecule has 106 valence electrons. The van der Waals surface area contributed by atoms with Gasteiger partial charge < -0.3 is 0 Å². The molecule has 0 bridgehead atoms. The summed E-state index contributed by atoms with van der Waals surface area (Å²) >= 11 is 12.0. The van der Waals surface area contributed by atoms with E-state index in [-0.39, 0.29) is 12.0 Å². The van der Waals surface area contributed by atoms with Gasteiger partial charge in [0.2, 0.25) is 0 Å². The number of halogens is 4. The lowest BCUT2D eigenvalue weighted by atomic mass is 9.98. The number of rotatable bonds is 4. The Labute approximate surface area is 125 Å². The first-order chi connectivity index (χ1) is 9.54. The Bertz CT molecular complexity index is 600. The molecule has 0 heterocycles. The van der Waals surface area contributed by atoms with Gasteiger partial charge in [-0.3, -0.25) is 11.3 Å². The summed E-state index contributed by atoms with van der Waals surface area (Å²) < 4.78 is 27.6. The molecule has 0 amide bonds. The molecule has 0 radical (unpaired) electrons. The molecule has 0 aromatic heterocycles. The molecule has 1 atom stereocenters. The highest BCUT2D eigenvalue weighted by molar-refractivity contribution is 6.42. The molecule has 2 aromatic carbocycles. The molecule has 20 heavy (non-hydrogen) atoms. The monoisotopic (exact) mass is 316 g/mol. The highest BCUT2D eigenvalue weighted by atomic mass is 35.5. The van der Waals surface area contributed by atoms with Gasteiger partial charge in [-0.25, -0.2) is 8.78 Å². The van der Waals surface area contributed by atoms with Crippen molar-refractivity contribution in [3.8, 4) is 0 Å². The van der Waals surface area contributed by atoms with Gasteiger partial charge in [-0.1, -0.05) is 41.4 Å². The lowest BCUT2D eigenvalue weighted by molar-refractivity contribution is 0.473. The normalized spacial score (nSPS) is 12.4. The molecule has 0 aliphatic rings. The first-order valence-corrected chi connectivity index (χ1v) is 6.63. The molecule has 0 aliphatic heterocycles. The molecule has 0 fully saturated rings. The van der Waals surface area contributed by atoms with Gasteiger partial charge in [0.1, 0.15) is 11.6 Å². The standard InChI is InChI=1S/C14H12Cl2F2N2/c15-9-4-1-3-8(14(9)16)7-12(20-19)13-10(17)5-2-6-11(13)18/h1-6,12,20H,7,19H2. The van der Waals surface area contributed by atoms with Crippen molar-refractivity contribution in [2.75, 3.05) is 0 Å². The Morgan fingerprint density at radius 1 is 1.05 bits per heavy atom. The Balaban J connectivity index is 2.37. The molecule has 2 aromatic rings. The fraction of sp³-hybridized carbons (Fsp3) is 0.143. The van der Waals surface area contributed by atoms with E-state index in [0.717, 1.165) is 0 Å². The summed E-state index contributed by atoms with van der Waals surface area (Å²) in [6, 6.07) is 8.01. The van der Waals surface area contributed by atoms with Gasteiger partial charge >= 0.3 is 0 Å². The second kappa shape index (κ2) is 6.50. The molecular weight excluding hydrogens is 305 g/mol. The van der Waals surface area contributed by atoms with Crippen molar-refractivity contribution < 1.29 is 8.78 Å². The first-order valence-electron chi connectivity index (χ1n) is 5.87. The predicted octanol–water partition coefficient (Wildman–Crippen LogP) is 4.02. The quantitative estimate of drug-likeness (QED) is 0.660. The number of hydrogen-bond acceptors (Lipinski definition) is 2. The first kappa shape index (κ1) is 15.2. The SMILES string of the molecule is NNC(Cc1cccc(Cl)c1Cl)c1c(F)cccc1F. The second-order valence-corrected chi connectivity index (χ2v) is 5.06. The van der Waals surface area contributed by atoms with Gasteiger partial charge in [0.05, 0.1) is 16.1 Å². The zero-order valence-electron chi connectivity index (χ0n) is 10.3. The average molecular weight is 317 g/mol. The maximum Gasteiger partial charge on any atom is 0.130 e. The Morgan fingerprint density at radius 3 is 2.25 bits per heavy atom. The third-order valence-corrected chi connectivity index (χ3v) is 3.86. The van der Waals surface area contributed by atoms with Gasteiger partial charge in [-0.15, -0.1) is 0 Å². The van der Waals surface area contributed by atoms with Gasteiger partial charge in [-0.05, 0) is 30.2 Å². The van der Waals surface area contributed by atoms with E-state index in [2.05, 4.69) is 5.43 Å². The predicted molar refractivity (Wildman–Crippen MR) is 76.6 cm³/mol. The van der Waals surface area contributed by atoms with Crippen molar-refractivity contribution in [2.24, 2.45) is 5.84 Å². The Hall–Kier alpha value is -1.20. The third-order valence-electron chi connectivity index (χ3n) is 3.00. The average Bonchev–Trinajstić information content (AvgIpc) is 2.42. The van der Waals surface area contributed by atoms with Crippen LogP contribution in [-0.4, -0.2) is 0 Å². The molecule has 0 aliphatic carbocycles. The van der Waals surface area contributed by atoms with Crippen LogP contribution in [0.15, 0.2) is 36.4 Å². The van der Waals surface area contributed by atoms with Gasteiger partial charge in [0.25, 0.3) is 0 Å². The summed E-state index contributed by atoms with van der Waals surface area (Å²) in [4.78, 5) is 0. The minimum absolute atomic E-state index is 0.119. The Morgan fingerprint density at radius 2 is 1.65 bits per heavy atom. The van der Waals surface area contributed by atoms with Gasteiger partial charge in [0, 0.05) is 5.56 Å². The molecule has 2 nitrogen and oxygen atoms in total. The van der Waals surface area contributed by atoms with Crippen molar-refractivity contribution in [3.63, 3.8) is 0 Å². The van der Waals surface area contributed by atoms with Crippen molar-refractivity contribution in [1.29, 1.82) is 0 Å². The number of nitrogens with one attached hydrogen (secondary N) is 1. The van der Waals surface area contributed by atoms with Crippen molar-refractivity contribution >= 4 is 23.2 Å². The van der Waals surface area contributed by atoms with E-state index in [9.17, 15) is 8.78 Å². The van der Waals surface area contributed by atoms with Crippen LogP contribution in [0.2, 0.25) is 10.0 Å². The summed E-state index contributed by atoms with van der Waals surface area (Å²) in [6.07, 6.45) is 0.216. The number of nitrogens with two attached hydrogens (primary N) is 1. The third kappa shape index (κ3) is 3.10. The molecule has 6 heteroatoms. The van der Waals surface area contributed by atoms with Crippen LogP contribution >= 0.6 is 23.2 Å². The van der Waals surface area contributed by atoms with Crippen LogP contribution in [0.3, 0.4) is 0 Å². The summed E-state index contributed by atoms with van der Waals surface area (Å²) in [7, 11) is 0. The van der Waals surface area contributed by atoms with Crippen molar-refractivity contribution in [3.05, 3.63) is 69.2 Å². The van der Waals surface area contributed by atoms with E-state index < -0.39 is 17.7 Å². The smallest absolute Gasteiger partial charge is 0.130 e. The zero-order valence-corrected chi connectivity index (χ0v) is 11.8. The minimum atomic E-state index is -0.743. The van der Waals surface area contributed by atoms with E-state index >= 15 is 0 Å². The molecule has 0 spiro atoms. The van der Waals surface area contributed by atoms with E-state index in [1.165, 1.54) is 18.2 Å². The van der Waals surface area contributed by atoms with Crippen LogP contribution in [0.5, 0.6) is 0 Å². The second-order valence-electron chi connectivity index (χ2n) is 4.27. The lowest BCUT2D eigenvalue weighted by Gasteiger charge is -2.18. The maximum absolute atomic E-state index is 13.8. The number of benzene rings is 2. The van der Waals surface area contributed by atoms with Crippen LogP contribution in [-0.2, 0) is 6.42 Å². The van der Waals surface area contributed by atoms with E-state index in [1.807, 2.05) is 0 Å². The Kier molecular flexibility index (Phi) is 4.94. The van der Waals surface area contributed by atoms with Crippen LogP contribution in [0.1, 0.15) is 17.2 Å². The molecular formula is C14H12Cl2F2N2. The lowest BCUT2D eigenvalue weighted by Crippen LogP contribution is -2.31. The topological polar surface area (TPSA) is 38.0 Å². The summed E-state index contributed by atoms with van der Waals surface area (Å²) in [5.74, 6) is 4.10. The largest absolute Gasteiger partial charge is 0.271 e. The highest BCUT2D eigenvalue weighted by Crippen LogP contribution is 2.30. The van der Waals surface area contributed by atoms with Crippen molar-refractivity contribution in [1.82, 2.24) is 5.43 Å². The van der Waals surface area contributed by atoms with Crippen LogP contribution in [0.4, 0.5) is 8.78 Å². The molecule has 1 unspecified atom stereocenters. The molecule has 3 N–H and O–H groups in total.